The van der Waals surface area contributed by atoms with Gasteiger partial charge < -0.3 is 9.80 Å². The summed E-state index contributed by atoms with van der Waals surface area (Å²) in [6, 6.07) is 8.92. The van der Waals surface area contributed by atoms with E-state index in [0.717, 1.165) is 11.6 Å². The molecule has 0 aliphatic carbocycles. The second-order valence-corrected chi connectivity index (χ2v) is 9.20. The van der Waals surface area contributed by atoms with Crippen LogP contribution in [-0.4, -0.2) is 63.0 Å². The smallest absolute Gasteiger partial charge is 0.218 e. The molecule has 9 heteroatoms. The van der Waals surface area contributed by atoms with Crippen molar-refractivity contribution < 1.29 is 8.42 Å². The molecule has 1 aliphatic rings. The molecular weight excluding hydrogens is 386 g/mol. The molecule has 1 aromatic carbocycles. The zero-order valence-corrected chi connectivity index (χ0v) is 17.3. The van der Waals surface area contributed by atoms with Crippen LogP contribution in [0.4, 0.5) is 11.6 Å². The monoisotopic (exact) mass is 409 g/mol. The predicted octanol–water partition coefficient (Wildman–Crippen LogP) is 2.16. The average Bonchev–Trinajstić information content (AvgIpc) is 2.61. The van der Waals surface area contributed by atoms with Crippen LogP contribution < -0.4 is 9.80 Å². The van der Waals surface area contributed by atoms with Crippen molar-refractivity contribution >= 4 is 33.3 Å². The Balaban J connectivity index is 1.68. The second kappa shape index (κ2) is 8.00. The lowest BCUT2D eigenvalue weighted by Crippen LogP contribution is -2.49. The summed E-state index contributed by atoms with van der Waals surface area (Å²) in [5.41, 5.74) is 0.701. The molecule has 0 radical (unpaired) electrons. The molecule has 1 aliphatic heterocycles. The Morgan fingerprint density at radius 1 is 1.11 bits per heavy atom. The fraction of sp³-hybridized carbons (Fsp3) is 0.444. The molecule has 3 rings (SSSR count). The molecule has 0 unspecified atom stereocenters. The maximum Gasteiger partial charge on any atom is 0.218 e. The van der Waals surface area contributed by atoms with Crippen LogP contribution in [0.25, 0.3) is 0 Å². The lowest BCUT2D eigenvalue weighted by molar-refractivity contribution is 0.383. The van der Waals surface area contributed by atoms with Gasteiger partial charge in [0.2, 0.25) is 10.0 Å². The van der Waals surface area contributed by atoms with E-state index >= 15 is 0 Å². The predicted molar refractivity (Wildman–Crippen MR) is 109 cm³/mol. The molecule has 1 fully saturated rings. The third-order valence-corrected chi connectivity index (χ3v) is 6.55. The minimum atomic E-state index is -3.38. The number of halogens is 1. The van der Waals surface area contributed by atoms with Crippen LogP contribution in [0, 0.1) is 6.92 Å². The number of anilines is 2. The van der Waals surface area contributed by atoms with Crippen molar-refractivity contribution in [2.75, 3.05) is 50.1 Å². The second-order valence-electron chi connectivity index (χ2n) is 6.80. The summed E-state index contributed by atoms with van der Waals surface area (Å²) in [4.78, 5) is 13.0. The minimum Gasteiger partial charge on any atom is -0.363 e. The summed E-state index contributed by atoms with van der Waals surface area (Å²) in [5, 5.41) is 0.545. The Hall–Kier alpha value is -1.90. The number of rotatable bonds is 5. The van der Waals surface area contributed by atoms with Crippen molar-refractivity contribution in [1.29, 1.82) is 0 Å². The van der Waals surface area contributed by atoms with Crippen LogP contribution in [0.15, 0.2) is 30.3 Å². The summed E-state index contributed by atoms with van der Waals surface area (Å²) >= 11 is 5.96. The average molecular weight is 410 g/mol. The lowest BCUT2D eigenvalue weighted by Gasteiger charge is -2.35. The van der Waals surface area contributed by atoms with E-state index in [1.807, 2.05) is 32.0 Å². The molecule has 7 nitrogen and oxygen atoms in total. The van der Waals surface area contributed by atoms with E-state index in [4.69, 9.17) is 11.6 Å². The van der Waals surface area contributed by atoms with Crippen molar-refractivity contribution in [3.05, 3.63) is 46.7 Å². The van der Waals surface area contributed by atoms with Gasteiger partial charge in [-0.05, 0) is 24.6 Å². The number of hydrogen-bond acceptors (Lipinski definition) is 6. The van der Waals surface area contributed by atoms with E-state index in [-0.39, 0.29) is 5.75 Å². The lowest BCUT2D eigenvalue weighted by atomic mass is 10.2. The van der Waals surface area contributed by atoms with Crippen LogP contribution in [0.1, 0.15) is 11.4 Å². The molecule has 0 spiro atoms. The van der Waals surface area contributed by atoms with Gasteiger partial charge in [0.15, 0.2) is 0 Å². The molecule has 0 saturated carbocycles. The van der Waals surface area contributed by atoms with Gasteiger partial charge in [-0.15, -0.1) is 0 Å². The summed E-state index contributed by atoms with van der Waals surface area (Å²) in [6.07, 6.45) is 0. The Morgan fingerprint density at radius 2 is 1.81 bits per heavy atom. The first-order chi connectivity index (χ1) is 12.7. The van der Waals surface area contributed by atoms with Crippen LogP contribution in [0.5, 0.6) is 0 Å². The fourth-order valence-corrected chi connectivity index (χ4v) is 4.77. The van der Waals surface area contributed by atoms with E-state index in [9.17, 15) is 8.42 Å². The molecule has 2 heterocycles. The van der Waals surface area contributed by atoms with Crippen molar-refractivity contribution in [1.82, 2.24) is 14.3 Å². The Bertz CT molecular complexity index is 912. The highest BCUT2D eigenvalue weighted by molar-refractivity contribution is 7.88. The van der Waals surface area contributed by atoms with Gasteiger partial charge in [0.1, 0.15) is 17.5 Å². The topological polar surface area (TPSA) is 69.6 Å². The van der Waals surface area contributed by atoms with Gasteiger partial charge in [0.05, 0.1) is 5.75 Å². The van der Waals surface area contributed by atoms with Crippen LogP contribution in [0.2, 0.25) is 5.02 Å². The largest absolute Gasteiger partial charge is 0.363 e. The molecule has 1 aromatic heterocycles. The van der Waals surface area contributed by atoms with E-state index in [1.54, 1.807) is 28.6 Å². The number of piperazine rings is 1. The third kappa shape index (κ3) is 4.88. The first-order valence-electron chi connectivity index (χ1n) is 8.75. The fourth-order valence-electron chi connectivity index (χ4n) is 3.05. The van der Waals surface area contributed by atoms with Gasteiger partial charge in [0.25, 0.3) is 0 Å². The molecule has 0 amide bonds. The molecule has 0 N–H and O–H groups in total. The van der Waals surface area contributed by atoms with E-state index < -0.39 is 10.0 Å². The van der Waals surface area contributed by atoms with Crippen LogP contribution in [-0.2, 0) is 15.8 Å². The SMILES string of the molecule is Cc1nc(N(C)C)cc(N2CCN(S(=O)(=O)Cc3cccc(Cl)c3)CC2)n1. The molecule has 1 saturated heterocycles. The highest BCUT2D eigenvalue weighted by atomic mass is 35.5. The maximum atomic E-state index is 12.7. The number of nitrogens with zero attached hydrogens (tertiary/aromatic N) is 5. The minimum absolute atomic E-state index is 0.0368. The molecule has 0 bridgehead atoms. The van der Waals surface area contributed by atoms with Gasteiger partial charge in [0, 0.05) is 51.4 Å². The van der Waals surface area contributed by atoms with Crippen LogP contribution >= 0.6 is 11.6 Å². The van der Waals surface area contributed by atoms with Crippen LogP contribution in [0.3, 0.4) is 0 Å². The maximum absolute atomic E-state index is 12.7. The molecule has 0 atom stereocenters. The van der Waals surface area contributed by atoms with Crippen molar-refractivity contribution in [2.24, 2.45) is 0 Å². The summed E-state index contributed by atoms with van der Waals surface area (Å²) < 4.78 is 27.0. The van der Waals surface area contributed by atoms with Gasteiger partial charge in [-0.1, -0.05) is 23.7 Å². The van der Waals surface area contributed by atoms with E-state index in [0.29, 0.717) is 42.6 Å². The van der Waals surface area contributed by atoms with Gasteiger partial charge in [-0.2, -0.15) is 4.31 Å². The number of aromatic nitrogens is 2. The normalized spacial score (nSPS) is 15.8. The van der Waals surface area contributed by atoms with E-state index in [2.05, 4.69) is 14.9 Å². The quantitative estimate of drug-likeness (QED) is 0.753. The number of benzene rings is 1. The first kappa shape index (κ1) is 19.9. The first-order valence-corrected chi connectivity index (χ1v) is 10.7. The molecule has 146 valence electrons. The Morgan fingerprint density at radius 3 is 2.44 bits per heavy atom. The summed E-state index contributed by atoms with van der Waals surface area (Å²) in [7, 11) is 0.491. The summed E-state index contributed by atoms with van der Waals surface area (Å²) in [6.45, 7) is 3.92. The highest BCUT2D eigenvalue weighted by Crippen LogP contribution is 2.21. The third-order valence-electron chi connectivity index (χ3n) is 4.46. The standard InChI is InChI=1S/C18H24ClN5O2S/c1-14-20-17(22(2)3)12-18(21-14)23-7-9-24(10-8-23)27(25,26)13-15-5-4-6-16(19)11-15/h4-6,11-12H,7-10,13H2,1-3H3. The zero-order valence-electron chi connectivity index (χ0n) is 15.8. The number of sulfonamides is 1. The molecular formula is C18H24ClN5O2S. The van der Waals surface area contributed by atoms with Crippen molar-refractivity contribution in [3.8, 4) is 0 Å². The number of hydrogen-bond donors (Lipinski definition) is 0. The van der Waals surface area contributed by atoms with E-state index in [1.165, 1.54) is 0 Å². The van der Waals surface area contributed by atoms with Gasteiger partial charge in [-0.3, -0.25) is 0 Å². The molecule has 27 heavy (non-hydrogen) atoms. The van der Waals surface area contributed by atoms with Gasteiger partial charge >= 0.3 is 0 Å². The van der Waals surface area contributed by atoms with Crippen molar-refractivity contribution in [3.63, 3.8) is 0 Å². The summed E-state index contributed by atoms with van der Waals surface area (Å²) in [5.74, 6) is 2.34. The Kier molecular flexibility index (Phi) is 5.88. The Labute approximate surface area is 165 Å². The number of aryl methyl sites for hydroxylation is 1. The molecule has 2 aromatic rings. The van der Waals surface area contributed by atoms with Crippen molar-refractivity contribution in [2.45, 2.75) is 12.7 Å². The van der Waals surface area contributed by atoms with Gasteiger partial charge in [-0.25, -0.2) is 18.4 Å². The zero-order chi connectivity index (χ0) is 19.6. The highest BCUT2D eigenvalue weighted by Gasteiger charge is 2.28.